The second kappa shape index (κ2) is 8.35. The van der Waals surface area contributed by atoms with E-state index >= 15 is 0 Å². The summed E-state index contributed by atoms with van der Waals surface area (Å²) in [6.45, 7) is 0.948. The standard InChI is InChI=1S/C18H17ClN2O5/c1-10(22)11-3-5-12(6-4-11)21-17(23)9-26-18(24)13-7-14(19)15(20)8-16(13)25-2/h3-8H,9,20H2,1-2H3,(H,21,23). The molecule has 136 valence electrons. The van der Waals surface area contributed by atoms with Crippen LogP contribution in [-0.2, 0) is 9.53 Å². The Morgan fingerprint density at radius 1 is 1.15 bits per heavy atom. The summed E-state index contributed by atoms with van der Waals surface area (Å²) in [4.78, 5) is 35.3. The van der Waals surface area contributed by atoms with E-state index in [2.05, 4.69) is 5.32 Å². The van der Waals surface area contributed by atoms with Crippen molar-refractivity contribution >= 4 is 40.6 Å². The lowest BCUT2D eigenvalue weighted by atomic mass is 10.1. The molecule has 0 saturated carbocycles. The molecule has 0 radical (unpaired) electrons. The zero-order chi connectivity index (χ0) is 19.3. The number of Topliss-reactive ketones (excluding diaryl/α,β-unsaturated/α-hetero) is 1. The monoisotopic (exact) mass is 376 g/mol. The molecule has 0 aliphatic carbocycles. The number of nitrogens with one attached hydrogen (secondary N) is 1. The molecule has 0 heterocycles. The third-order valence-electron chi connectivity index (χ3n) is 3.45. The molecule has 0 unspecified atom stereocenters. The van der Waals surface area contributed by atoms with Crippen molar-refractivity contribution in [2.75, 3.05) is 24.8 Å². The van der Waals surface area contributed by atoms with Gasteiger partial charge < -0.3 is 20.5 Å². The first-order chi connectivity index (χ1) is 12.3. The summed E-state index contributed by atoms with van der Waals surface area (Å²) >= 11 is 5.90. The fourth-order valence-electron chi connectivity index (χ4n) is 2.09. The summed E-state index contributed by atoms with van der Waals surface area (Å²) in [5.74, 6) is -1.19. The smallest absolute Gasteiger partial charge is 0.342 e. The number of carbonyl (C=O) groups is 3. The van der Waals surface area contributed by atoms with Crippen molar-refractivity contribution in [1.82, 2.24) is 0 Å². The Bertz CT molecular complexity index is 849. The van der Waals surface area contributed by atoms with Gasteiger partial charge in [-0.25, -0.2) is 4.79 Å². The van der Waals surface area contributed by atoms with E-state index < -0.39 is 18.5 Å². The number of rotatable bonds is 6. The molecule has 1 amide bonds. The maximum atomic E-state index is 12.1. The number of hydrogen-bond donors (Lipinski definition) is 2. The predicted molar refractivity (Wildman–Crippen MR) is 97.8 cm³/mol. The summed E-state index contributed by atoms with van der Waals surface area (Å²) in [6.07, 6.45) is 0. The van der Waals surface area contributed by atoms with Gasteiger partial charge in [0.05, 0.1) is 17.8 Å². The highest BCUT2D eigenvalue weighted by molar-refractivity contribution is 6.33. The van der Waals surface area contributed by atoms with Gasteiger partial charge in [0, 0.05) is 17.3 Å². The number of amides is 1. The van der Waals surface area contributed by atoms with Gasteiger partial charge in [0.15, 0.2) is 12.4 Å². The Hall–Kier alpha value is -3.06. The molecule has 2 rings (SSSR count). The van der Waals surface area contributed by atoms with Crippen molar-refractivity contribution in [1.29, 1.82) is 0 Å². The summed E-state index contributed by atoms with van der Waals surface area (Å²) in [5.41, 5.74) is 6.98. The van der Waals surface area contributed by atoms with Crippen molar-refractivity contribution in [3.63, 3.8) is 0 Å². The molecule has 0 saturated heterocycles. The number of methoxy groups -OCH3 is 1. The Morgan fingerprint density at radius 3 is 2.38 bits per heavy atom. The van der Waals surface area contributed by atoms with Crippen molar-refractivity contribution in [3.8, 4) is 5.75 Å². The summed E-state index contributed by atoms with van der Waals surface area (Å²) in [5, 5.41) is 2.73. The molecule has 0 aliphatic rings. The van der Waals surface area contributed by atoms with Crippen LogP contribution in [0.2, 0.25) is 5.02 Å². The first kappa shape index (κ1) is 19.3. The van der Waals surface area contributed by atoms with Crippen LogP contribution < -0.4 is 15.8 Å². The largest absolute Gasteiger partial charge is 0.496 e. The number of ether oxygens (including phenoxy) is 2. The third kappa shape index (κ3) is 4.73. The molecule has 26 heavy (non-hydrogen) atoms. The second-order valence-corrected chi connectivity index (χ2v) is 5.74. The second-order valence-electron chi connectivity index (χ2n) is 5.33. The molecule has 0 bridgehead atoms. The van der Waals surface area contributed by atoms with Crippen LogP contribution >= 0.6 is 11.6 Å². The van der Waals surface area contributed by atoms with Gasteiger partial charge in [0.2, 0.25) is 0 Å². The molecule has 8 heteroatoms. The fourth-order valence-corrected chi connectivity index (χ4v) is 2.26. The van der Waals surface area contributed by atoms with Gasteiger partial charge >= 0.3 is 5.97 Å². The lowest BCUT2D eigenvalue weighted by Gasteiger charge is -2.11. The van der Waals surface area contributed by atoms with Crippen molar-refractivity contribution < 1.29 is 23.9 Å². The first-order valence-corrected chi connectivity index (χ1v) is 7.90. The maximum Gasteiger partial charge on any atom is 0.342 e. The molecule has 0 fully saturated rings. The van der Waals surface area contributed by atoms with Gasteiger partial charge in [-0.3, -0.25) is 9.59 Å². The topological polar surface area (TPSA) is 108 Å². The molecule has 3 N–H and O–H groups in total. The average molecular weight is 377 g/mol. The quantitative estimate of drug-likeness (QED) is 0.456. The van der Waals surface area contributed by atoms with E-state index in [0.717, 1.165) is 0 Å². The molecular weight excluding hydrogens is 360 g/mol. The molecule has 0 spiro atoms. The Balaban J connectivity index is 1.97. The van der Waals surface area contributed by atoms with Gasteiger partial charge in [0.1, 0.15) is 11.3 Å². The van der Waals surface area contributed by atoms with Gasteiger partial charge in [-0.05, 0) is 37.3 Å². The van der Waals surface area contributed by atoms with Crippen LogP contribution in [0.1, 0.15) is 27.6 Å². The van der Waals surface area contributed by atoms with E-state index in [-0.39, 0.29) is 27.8 Å². The van der Waals surface area contributed by atoms with Crippen LogP contribution in [-0.4, -0.2) is 31.4 Å². The first-order valence-electron chi connectivity index (χ1n) is 7.52. The zero-order valence-corrected chi connectivity index (χ0v) is 14.9. The normalized spacial score (nSPS) is 10.1. The fraction of sp³-hybridized carbons (Fsp3) is 0.167. The molecule has 2 aromatic rings. The van der Waals surface area contributed by atoms with Crippen LogP contribution in [0.25, 0.3) is 0 Å². The van der Waals surface area contributed by atoms with Gasteiger partial charge in [0.25, 0.3) is 5.91 Å². The number of esters is 1. The van der Waals surface area contributed by atoms with Gasteiger partial charge in [-0.2, -0.15) is 0 Å². The van der Waals surface area contributed by atoms with E-state index in [0.29, 0.717) is 11.3 Å². The van der Waals surface area contributed by atoms with Crippen LogP contribution in [0.4, 0.5) is 11.4 Å². The molecule has 0 aromatic heterocycles. The number of ketones is 1. The SMILES string of the molecule is COc1cc(N)c(Cl)cc1C(=O)OCC(=O)Nc1ccc(C(C)=O)cc1. The van der Waals surface area contributed by atoms with Crippen molar-refractivity contribution in [2.24, 2.45) is 0 Å². The maximum absolute atomic E-state index is 12.1. The van der Waals surface area contributed by atoms with E-state index in [1.807, 2.05) is 0 Å². The zero-order valence-electron chi connectivity index (χ0n) is 14.2. The van der Waals surface area contributed by atoms with Crippen molar-refractivity contribution in [3.05, 3.63) is 52.5 Å². The minimum absolute atomic E-state index is 0.0605. The Labute approximate surface area is 155 Å². The molecule has 0 aliphatic heterocycles. The number of hydrogen-bond acceptors (Lipinski definition) is 6. The van der Waals surface area contributed by atoms with E-state index in [9.17, 15) is 14.4 Å². The minimum atomic E-state index is -0.772. The van der Waals surface area contributed by atoms with Crippen LogP contribution in [0.15, 0.2) is 36.4 Å². The highest BCUT2D eigenvalue weighted by atomic mass is 35.5. The average Bonchev–Trinajstić information content (AvgIpc) is 2.62. The number of benzene rings is 2. The summed E-state index contributed by atoms with van der Waals surface area (Å²) < 4.78 is 10.0. The number of halogens is 1. The van der Waals surface area contributed by atoms with Crippen LogP contribution in [0, 0.1) is 0 Å². The molecule has 7 nitrogen and oxygen atoms in total. The number of nitrogen functional groups attached to an aromatic ring is 1. The highest BCUT2D eigenvalue weighted by Crippen LogP contribution is 2.29. The number of anilines is 2. The molecular formula is C18H17ClN2O5. The number of nitrogens with two attached hydrogens (primary N) is 1. The van der Waals surface area contributed by atoms with Crippen LogP contribution in [0.3, 0.4) is 0 Å². The van der Waals surface area contributed by atoms with E-state index in [1.165, 1.54) is 26.2 Å². The van der Waals surface area contributed by atoms with E-state index in [4.69, 9.17) is 26.8 Å². The lowest BCUT2D eigenvalue weighted by Crippen LogP contribution is -2.21. The molecule has 2 aromatic carbocycles. The van der Waals surface area contributed by atoms with Crippen molar-refractivity contribution in [2.45, 2.75) is 6.92 Å². The lowest BCUT2D eigenvalue weighted by molar-refractivity contribution is -0.119. The molecule has 0 atom stereocenters. The van der Waals surface area contributed by atoms with Gasteiger partial charge in [-0.15, -0.1) is 0 Å². The minimum Gasteiger partial charge on any atom is -0.496 e. The van der Waals surface area contributed by atoms with Gasteiger partial charge in [-0.1, -0.05) is 11.6 Å². The summed E-state index contributed by atoms with van der Waals surface area (Å²) in [6, 6.07) is 9.06. The Morgan fingerprint density at radius 2 is 1.81 bits per heavy atom. The highest BCUT2D eigenvalue weighted by Gasteiger charge is 2.17. The summed E-state index contributed by atoms with van der Waals surface area (Å²) in [7, 11) is 1.37. The van der Waals surface area contributed by atoms with E-state index in [1.54, 1.807) is 24.3 Å². The number of carbonyl (C=O) groups excluding carboxylic acids is 3. The Kier molecular flexibility index (Phi) is 6.19. The predicted octanol–water partition coefficient (Wildman–Crippen LogP) is 2.93. The van der Waals surface area contributed by atoms with Crippen LogP contribution in [0.5, 0.6) is 5.75 Å². The third-order valence-corrected chi connectivity index (χ3v) is 3.78.